The van der Waals surface area contributed by atoms with Crippen molar-refractivity contribution in [2.24, 2.45) is 0 Å². The summed E-state index contributed by atoms with van der Waals surface area (Å²) in [6.45, 7) is 9.59. The van der Waals surface area contributed by atoms with Crippen LogP contribution in [0.1, 0.15) is 32.8 Å². The average molecular weight is 325 g/mol. The Morgan fingerprint density at radius 3 is 2.41 bits per heavy atom. The van der Waals surface area contributed by atoms with E-state index in [0.29, 0.717) is 12.8 Å². The highest BCUT2D eigenvalue weighted by Crippen LogP contribution is 2.19. The molecule has 0 aliphatic rings. The maximum absolute atomic E-state index is 12.3. The average Bonchev–Trinajstić information content (AvgIpc) is 2.46. The summed E-state index contributed by atoms with van der Waals surface area (Å²) in [6.07, 6.45) is 1.30. The van der Waals surface area contributed by atoms with Crippen molar-refractivity contribution in [2.75, 3.05) is 13.7 Å². The Morgan fingerprint density at radius 2 is 1.95 bits per heavy atom. The van der Waals surface area contributed by atoms with Crippen LogP contribution in [0.5, 0.6) is 5.75 Å². The molecule has 0 spiro atoms. The molecule has 0 heterocycles. The molecule has 124 valence electrons. The second kappa shape index (κ2) is 8.58. The van der Waals surface area contributed by atoms with Gasteiger partial charge in [0.2, 0.25) is 0 Å². The van der Waals surface area contributed by atoms with Crippen molar-refractivity contribution in [2.45, 2.75) is 44.4 Å². The van der Waals surface area contributed by atoms with Gasteiger partial charge in [-0.3, -0.25) is 0 Å². The molecule has 2 N–H and O–H groups in total. The lowest BCUT2D eigenvalue weighted by molar-refractivity contribution is 0.323. The fraction of sp³-hybridized carbons (Fsp3) is 0.529. The first-order chi connectivity index (χ1) is 10.3. The summed E-state index contributed by atoms with van der Waals surface area (Å²) in [5.41, 5.74) is 1.85. The molecule has 1 aromatic carbocycles. The van der Waals surface area contributed by atoms with E-state index in [9.17, 15) is 9.66 Å². The van der Waals surface area contributed by atoms with Crippen LogP contribution in [-0.4, -0.2) is 34.2 Å². The van der Waals surface area contributed by atoms with Gasteiger partial charge in [0.05, 0.1) is 19.8 Å². The Bertz CT molecular complexity index is 468. The Morgan fingerprint density at radius 1 is 1.36 bits per heavy atom. The number of rotatable bonds is 8. The summed E-state index contributed by atoms with van der Waals surface area (Å²) in [5, 5.41) is 9.19. The molecule has 0 aliphatic carbocycles. The summed E-state index contributed by atoms with van der Waals surface area (Å²) in [4.78, 5) is 0. The largest absolute Gasteiger partial charge is 0.598 e. The number of hydrogen-bond acceptors (Lipinski definition) is 4. The molecule has 1 aromatic rings. The second-order valence-electron chi connectivity index (χ2n) is 6.36. The SMILES string of the molecule is C=C(CO)CC(Cc1ccc(OC)cc1)N[S@@+]([O-])C(C)(C)C. The summed E-state index contributed by atoms with van der Waals surface area (Å²) in [6, 6.07) is 7.78. The predicted octanol–water partition coefficient (Wildman–Crippen LogP) is 2.60. The number of nitrogens with one attached hydrogen (secondary N) is 1. The van der Waals surface area contributed by atoms with Crippen molar-refractivity contribution in [3.63, 3.8) is 0 Å². The monoisotopic (exact) mass is 325 g/mol. The van der Waals surface area contributed by atoms with Crippen molar-refractivity contribution in [3.05, 3.63) is 42.0 Å². The van der Waals surface area contributed by atoms with Crippen LogP contribution in [0.25, 0.3) is 0 Å². The van der Waals surface area contributed by atoms with Crippen molar-refractivity contribution < 1.29 is 14.4 Å². The smallest absolute Gasteiger partial charge is 0.136 e. The lowest BCUT2D eigenvalue weighted by atomic mass is 10.0. The number of methoxy groups -OCH3 is 1. The van der Waals surface area contributed by atoms with Gasteiger partial charge in [-0.25, -0.2) is 0 Å². The van der Waals surface area contributed by atoms with Gasteiger partial charge in [-0.15, -0.1) is 4.72 Å². The van der Waals surface area contributed by atoms with Gasteiger partial charge < -0.3 is 14.4 Å². The molecule has 4 nitrogen and oxygen atoms in total. The molecule has 0 fully saturated rings. The van der Waals surface area contributed by atoms with E-state index in [-0.39, 0.29) is 17.4 Å². The minimum atomic E-state index is -1.16. The van der Waals surface area contributed by atoms with E-state index in [1.807, 2.05) is 45.0 Å². The quantitative estimate of drug-likeness (QED) is 0.569. The third kappa shape index (κ3) is 6.40. The molecule has 5 heteroatoms. The van der Waals surface area contributed by atoms with E-state index in [4.69, 9.17) is 4.74 Å². The minimum absolute atomic E-state index is 0.0342. The van der Waals surface area contributed by atoms with Crippen molar-refractivity contribution >= 4 is 11.4 Å². The summed E-state index contributed by atoms with van der Waals surface area (Å²) < 4.78 is 20.3. The topological polar surface area (TPSA) is 64.5 Å². The minimum Gasteiger partial charge on any atom is -0.598 e. The molecule has 22 heavy (non-hydrogen) atoms. The maximum atomic E-state index is 12.3. The Labute approximate surface area is 136 Å². The molecular weight excluding hydrogens is 298 g/mol. The maximum Gasteiger partial charge on any atom is 0.136 e. The fourth-order valence-electron chi connectivity index (χ4n) is 1.94. The molecule has 0 amide bonds. The highest BCUT2D eigenvalue weighted by Gasteiger charge is 2.29. The third-order valence-electron chi connectivity index (χ3n) is 3.23. The second-order valence-corrected chi connectivity index (χ2v) is 8.36. The Hall–Kier alpha value is -1.01. The van der Waals surface area contributed by atoms with Crippen LogP contribution in [0.4, 0.5) is 0 Å². The van der Waals surface area contributed by atoms with Gasteiger partial charge in [-0.2, -0.15) is 0 Å². The van der Waals surface area contributed by atoms with Gasteiger partial charge in [0.15, 0.2) is 0 Å². The lowest BCUT2D eigenvalue weighted by Gasteiger charge is -2.28. The molecule has 1 unspecified atom stereocenters. The standard InChI is InChI=1S/C17H27NO3S/c1-13(12-19)10-15(18-22(20)17(2,3)4)11-14-6-8-16(21-5)9-7-14/h6-9,15,18-19H,1,10-12H2,2-5H3/t15?,22-/m0/s1. The van der Waals surface area contributed by atoms with Gasteiger partial charge in [0.1, 0.15) is 10.5 Å². The van der Waals surface area contributed by atoms with Crippen LogP contribution in [0.2, 0.25) is 0 Å². The predicted molar refractivity (Wildman–Crippen MR) is 92.4 cm³/mol. The molecule has 0 aliphatic heterocycles. The first-order valence-electron chi connectivity index (χ1n) is 7.34. The Balaban J connectivity index is 2.78. The number of aliphatic hydroxyl groups is 1. The summed E-state index contributed by atoms with van der Waals surface area (Å²) >= 11 is -1.16. The van der Waals surface area contributed by atoms with E-state index in [1.165, 1.54) is 0 Å². The van der Waals surface area contributed by atoms with Crippen LogP contribution < -0.4 is 9.46 Å². The number of benzene rings is 1. The number of ether oxygens (including phenoxy) is 1. The molecule has 0 bridgehead atoms. The molecule has 2 atom stereocenters. The van der Waals surface area contributed by atoms with Crippen molar-refractivity contribution in [1.29, 1.82) is 0 Å². The van der Waals surface area contributed by atoms with Crippen molar-refractivity contribution in [1.82, 2.24) is 4.72 Å². The van der Waals surface area contributed by atoms with E-state index >= 15 is 0 Å². The normalized spacial score (nSPS) is 14.5. The van der Waals surface area contributed by atoms with Gasteiger partial charge in [-0.05, 0) is 51.3 Å². The van der Waals surface area contributed by atoms with Crippen LogP contribution in [0.15, 0.2) is 36.4 Å². The molecule has 1 rings (SSSR count). The number of aliphatic hydroxyl groups excluding tert-OH is 1. The highest BCUT2D eigenvalue weighted by molar-refractivity contribution is 7.90. The van der Waals surface area contributed by atoms with Crippen LogP contribution in [0.3, 0.4) is 0 Å². The van der Waals surface area contributed by atoms with Gasteiger partial charge in [0, 0.05) is 11.4 Å². The van der Waals surface area contributed by atoms with Gasteiger partial charge in [-0.1, -0.05) is 24.3 Å². The first kappa shape index (κ1) is 19.0. The van der Waals surface area contributed by atoms with Crippen LogP contribution in [0, 0.1) is 0 Å². The zero-order chi connectivity index (χ0) is 16.8. The summed E-state index contributed by atoms with van der Waals surface area (Å²) in [5.74, 6) is 0.811. The molecule has 0 saturated heterocycles. The van der Waals surface area contributed by atoms with E-state index in [2.05, 4.69) is 11.3 Å². The zero-order valence-electron chi connectivity index (χ0n) is 13.9. The van der Waals surface area contributed by atoms with Crippen LogP contribution >= 0.6 is 0 Å². The van der Waals surface area contributed by atoms with E-state index in [1.54, 1.807) is 7.11 Å². The van der Waals surface area contributed by atoms with E-state index < -0.39 is 11.4 Å². The molecular formula is C17H27NO3S. The number of hydrogen-bond donors (Lipinski definition) is 2. The van der Waals surface area contributed by atoms with E-state index in [0.717, 1.165) is 16.9 Å². The molecule has 0 saturated carbocycles. The Kier molecular flexibility index (Phi) is 7.42. The summed E-state index contributed by atoms with van der Waals surface area (Å²) in [7, 11) is 1.64. The third-order valence-corrected chi connectivity index (χ3v) is 4.89. The van der Waals surface area contributed by atoms with Crippen LogP contribution in [-0.2, 0) is 17.8 Å². The van der Waals surface area contributed by atoms with Gasteiger partial charge in [0.25, 0.3) is 0 Å². The fourth-order valence-corrected chi connectivity index (χ4v) is 2.77. The highest BCUT2D eigenvalue weighted by atomic mass is 32.2. The molecule has 0 radical (unpaired) electrons. The lowest BCUT2D eigenvalue weighted by Crippen LogP contribution is -2.45. The zero-order valence-corrected chi connectivity index (χ0v) is 14.7. The van der Waals surface area contributed by atoms with Gasteiger partial charge >= 0.3 is 0 Å². The first-order valence-corrected chi connectivity index (χ1v) is 8.49. The molecule has 0 aromatic heterocycles. The van der Waals surface area contributed by atoms with Crippen molar-refractivity contribution in [3.8, 4) is 5.75 Å².